The van der Waals surface area contributed by atoms with Crippen LogP contribution in [-0.4, -0.2) is 26.3 Å². The molecule has 0 aliphatic rings. The molecule has 0 radical (unpaired) electrons. The van der Waals surface area contributed by atoms with E-state index in [4.69, 9.17) is 5.11 Å². The number of benzene rings is 1. The van der Waals surface area contributed by atoms with E-state index in [0.29, 0.717) is 18.2 Å². The van der Waals surface area contributed by atoms with Crippen LogP contribution in [0.1, 0.15) is 17.2 Å². The van der Waals surface area contributed by atoms with Gasteiger partial charge in [-0.05, 0) is 19.1 Å². The number of hydrogen-bond donors (Lipinski definition) is 3. The van der Waals surface area contributed by atoms with Crippen LogP contribution in [0.25, 0.3) is 0 Å². The van der Waals surface area contributed by atoms with Crippen LogP contribution in [0.15, 0.2) is 24.3 Å². The number of aromatic amines is 1. The van der Waals surface area contributed by atoms with E-state index in [2.05, 4.69) is 20.5 Å². The molecule has 0 spiro atoms. The van der Waals surface area contributed by atoms with Gasteiger partial charge >= 0.3 is 5.97 Å². The van der Waals surface area contributed by atoms with Crippen molar-refractivity contribution in [3.05, 3.63) is 41.5 Å². The molecule has 6 nitrogen and oxygen atoms in total. The number of aliphatic carboxylic acids is 1. The lowest BCUT2D eigenvalue weighted by Crippen LogP contribution is -2.03. The Labute approximate surface area is 104 Å². The Morgan fingerprint density at radius 1 is 1.39 bits per heavy atom. The van der Waals surface area contributed by atoms with Crippen molar-refractivity contribution in [2.24, 2.45) is 0 Å². The number of aryl methyl sites for hydroxylation is 1. The van der Waals surface area contributed by atoms with E-state index in [1.807, 2.05) is 31.2 Å². The number of nitrogens with one attached hydrogen (secondary N) is 2. The molecule has 18 heavy (non-hydrogen) atoms. The van der Waals surface area contributed by atoms with Gasteiger partial charge in [-0.15, -0.1) is 0 Å². The van der Waals surface area contributed by atoms with Crippen molar-refractivity contribution in [1.82, 2.24) is 15.2 Å². The van der Waals surface area contributed by atoms with E-state index in [-0.39, 0.29) is 6.42 Å². The Morgan fingerprint density at radius 3 is 2.78 bits per heavy atom. The number of carbonyl (C=O) groups is 1. The van der Waals surface area contributed by atoms with Gasteiger partial charge in [0, 0.05) is 5.69 Å². The van der Waals surface area contributed by atoms with Crippen LogP contribution >= 0.6 is 0 Å². The van der Waals surface area contributed by atoms with Gasteiger partial charge in [-0.25, -0.2) is 4.98 Å². The predicted octanol–water partition coefficient (Wildman–Crippen LogP) is 1.35. The molecule has 0 bridgehead atoms. The minimum absolute atomic E-state index is 0.166. The average Bonchev–Trinajstić information content (AvgIpc) is 2.75. The topological polar surface area (TPSA) is 90.9 Å². The van der Waals surface area contributed by atoms with Crippen molar-refractivity contribution in [3.63, 3.8) is 0 Å². The summed E-state index contributed by atoms with van der Waals surface area (Å²) in [6, 6.07) is 7.98. The van der Waals surface area contributed by atoms with Crippen LogP contribution < -0.4 is 5.32 Å². The maximum Gasteiger partial charge on any atom is 0.311 e. The molecule has 1 heterocycles. The van der Waals surface area contributed by atoms with Gasteiger partial charge in [0.05, 0.1) is 6.54 Å². The molecule has 0 unspecified atom stereocenters. The highest BCUT2D eigenvalue weighted by Crippen LogP contribution is 2.09. The fourth-order valence-electron chi connectivity index (χ4n) is 1.49. The first-order chi connectivity index (χ1) is 8.63. The summed E-state index contributed by atoms with van der Waals surface area (Å²) in [5.41, 5.74) is 2.18. The number of carboxylic acid groups (broad SMARTS) is 1. The number of aromatic nitrogens is 3. The van der Waals surface area contributed by atoms with Crippen LogP contribution in [0.5, 0.6) is 0 Å². The van der Waals surface area contributed by atoms with E-state index < -0.39 is 5.97 Å². The molecular formula is C12H14N4O2. The van der Waals surface area contributed by atoms with Crippen molar-refractivity contribution in [2.75, 3.05) is 5.32 Å². The Bertz CT molecular complexity index is 533. The number of carboxylic acids is 1. The SMILES string of the molecule is Cc1ccc(NCc2nc(CC(=O)O)n[nH]2)cc1. The monoisotopic (exact) mass is 246 g/mol. The van der Waals surface area contributed by atoms with Gasteiger partial charge in [-0.2, -0.15) is 5.10 Å². The number of rotatable bonds is 5. The van der Waals surface area contributed by atoms with E-state index in [1.165, 1.54) is 5.56 Å². The van der Waals surface area contributed by atoms with Crippen LogP contribution in [0.3, 0.4) is 0 Å². The summed E-state index contributed by atoms with van der Waals surface area (Å²) in [5.74, 6) is -0.0259. The van der Waals surface area contributed by atoms with Crippen molar-refractivity contribution < 1.29 is 9.90 Å². The van der Waals surface area contributed by atoms with Crippen LogP contribution in [-0.2, 0) is 17.8 Å². The fraction of sp³-hybridized carbons (Fsp3) is 0.250. The summed E-state index contributed by atoms with van der Waals surface area (Å²) in [4.78, 5) is 14.6. The molecule has 0 atom stereocenters. The van der Waals surface area contributed by atoms with E-state index in [9.17, 15) is 4.79 Å². The number of nitrogens with zero attached hydrogens (tertiary/aromatic N) is 2. The maximum absolute atomic E-state index is 10.5. The van der Waals surface area contributed by atoms with Gasteiger partial charge in [0.1, 0.15) is 12.2 Å². The van der Waals surface area contributed by atoms with E-state index in [0.717, 1.165) is 5.69 Å². The first-order valence-corrected chi connectivity index (χ1v) is 5.56. The van der Waals surface area contributed by atoms with E-state index >= 15 is 0 Å². The molecule has 94 valence electrons. The molecule has 3 N–H and O–H groups in total. The number of H-pyrrole nitrogens is 1. The summed E-state index contributed by atoms with van der Waals surface area (Å²) in [6.07, 6.45) is -0.166. The summed E-state index contributed by atoms with van der Waals surface area (Å²) in [7, 11) is 0. The number of anilines is 1. The lowest BCUT2D eigenvalue weighted by molar-refractivity contribution is -0.136. The molecule has 0 saturated heterocycles. The Kier molecular flexibility index (Phi) is 3.57. The molecule has 2 rings (SSSR count). The van der Waals surface area contributed by atoms with Crippen molar-refractivity contribution in [3.8, 4) is 0 Å². The lowest BCUT2D eigenvalue weighted by atomic mass is 10.2. The summed E-state index contributed by atoms with van der Waals surface area (Å²) in [6.45, 7) is 2.51. The second-order valence-corrected chi connectivity index (χ2v) is 3.99. The summed E-state index contributed by atoms with van der Waals surface area (Å²) < 4.78 is 0. The standard InChI is InChI=1S/C12H14N4O2/c1-8-2-4-9(5-3-8)13-7-11-14-10(15-16-11)6-12(17)18/h2-5,13H,6-7H2,1H3,(H,17,18)(H,14,15,16). The molecule has 0 saturated carbocycles. The zero-order valence-electron chi connectivity index (χ0n) is 9.97. The molecule has 0 amide bonds. The Balaban J connectivity index is 1.92. The smallest absolute Gasteiger partial charge is 0.311 e. The van der Waals surface area contributed by atoms with Crippen LogP contribution in [0.2, 0.25) is 0 Å². The first-order valence-electron chi connectivity index (χ1n) is 5.56. The van der Waals surface area contributed by atoms with Gasteiger partial charge < -0.3 is 10.4 Å². The highest BCUT2D eigenvalue weighted by molar-refractivity contribution is 5.68. The Morgan fingerprint density at radius 2 is 2.11 bits per heavy atom. The van der Waals surface area contributed by atoms with Crippen LogP contribution in [0, 0.1) is 6.92 Å². The highest BCUT2D eigenvalue weighted by atomic mass is 16.4. The van der Waals surface area contributed by atoms with Crippen molar-refractivity contribution in [2.45, 2.75) is 19.9 Å². The van der Waals surface area contributed by atoms with E-state index in [1.54, 1.807) is 0 Å². The molecule has 1 aromatic carbocycles. The Hall–Kier alpha value is -2.37. The minimum Gasteiger partial charge on any atom is -0.481 e. The predicted molar refractivity (Wildman–Crippen MR) is 66.2 cm³/mol. The maximum atomic E-state index is 10.5. The largest absolute Gasteiger partial charge is 0.481 e. The molecule has 2 aromatic rings. The quantitative estimate of drug-likeness (QED) is 0.740. The molecule has 0 fully saturated rings. The lowest BCUT2D eigenvalue weighted by Gasteiger charge is -2.03. The van der Waals surface area contributed by atoms with Gasteiger partial charge in [0.15, 0.2) is 5.82 Å². The number of hydrogen-bond acceptors (Lipinski definition) is 4. The zero-order chi connectivity index (χ0) is 13.0. The van der Waals surface area contributed by atoms with Crippen molar-refractivity contribution in [1.29, 1.82) is 0 Å². The summed E-state index contributed by atoms with van der Waals surface area (Å²) in [5, 5.41) is 18.3. The minimum atomic E-state index is -0.938. The molecule has 0 aliphatic heterocycles. The average molecular weight is 246 g/mol. The second-order valence-electron chi connectivity index (χ2n) is 3.99. The van der Waals surface area contributed by atoms with Crippen molar-refractivity contribution >= 4 is 11.7 Å². The highest BCUT2D eigenvalue weighted by Gasteiger charge is 2.06. The normalized spacial score (nSPS) is 10.3. The molecule has 1 aromatic heterocycles. The third kappa shape index (κ3) is 3.31. The van der Waals surface area contributed by atoms with Gasteiger partial charge in [0.25, 0.3) is 0 Å². The van der Waals surface area contributed by atoms with Crippen LogP contribution in [0.4, 0.5) is 5.69 Å². The van der Waals surface area contributed by atoms with Gasteiger partial charge in [-0.3, -0.25) is 9.89 Å². The first kappa shape index (κ1) is 12.1. The molecule has 0 aliphatic carbocycles. The van der Waals surface area contributed by atoms with Gasteiger partial charge in [-0.1, -0.05) is 17.7 Å². The third-order valence-corrected chi connectivity index (χ3v) is 2.40. The molecule has 6 heteroatoms. The fourth-order valence-corrected chi connectivity index (χ4v) is 1.49. The zero-order valence-corrected chi connectivity index (χ0v) is 9.97. The third-order valence-electron chi connectivity index (χ3n) is 2.40. The van der Waals surface area contributed by atoms with Gasteiger partial charge in [0.2, 0.25) is 0 Å². The molecular weight excluding hydrogens is 232 g/mol. The second kappa shape index (κ2) is 5.31. The summed E-state index contributed by atoms with van der Waals surface area (Å²) >= 11 is 0.